The molecule has 2 N–H and O–H groups in total. The van der Waals surface area contributed by atoms with Crippen molar-refractivity contribution in [3.8, 4) is 0 Å². The minimum atomic E-state index is -3.41. The Balaban J connectivity index is 1.64. The Kier molecular flexibility index (Phi) is 6.03. The maximum absolute atomic E-state index is 13.0. The van der Waals surface area contributed by atoms with Crippen LogP contribution in [0.2, 0.25) is 0 Å². The van der Waals surface area contributed by atoms with Gasteiger partial charge in [0.05, 0.1) is 13.1 Å². The summed E-state index contributed by atoms with van der Waals surface area (Å²) in [6, 6.07) is 15.2. The summed E-state index contributed by atoms with van der Waals surface area (Å²) in [4.78, 5) is 25.8. The van der Waals surface area contributed by atoms with Crippen LogP contribution in [0, 0.1) is 0 Å². The van der Waals surface area contributed by atoms with Gasteiger partial charge in [-0.15, -0.1) is 0 Å². The number of nitrogens with zero attached hydrogens (tertiary/aromatic N) is 2. The van der Waals surface area contributed by atoms with E-state index in [4.69, 9.17) is 0 Å². The fourth-order valence-corrected chi connectivity index (χ4v) is 4.41. The first-order valence-corrected chi connectivity index (χ1v) is 10.3. The normalized spacial score (nSPS) is 16.8. The number of anilines is 1. The second kappa shape index (κ2) is 8.47. The summed E-state index contributed by atoms with van der Waals surface area (Å²) >= 11 is 0. The van der Waals surface area contributed by atoms with Crippen molar-refractivity contribution < 1.29 is 18.4 Å². The summed E-state index contributed by atoms with van der Waals surface area (Å²) in [5.74, 6) is -0.427. The van der Waals surface area contributed by atoms with Gasteiger partial charge in [-0.1, -0.05) is 29.1 Å². The third-order valence-corrected chi connectivity index (χ3v) is 6.46. The fourth-order valence-electron chi connectivity index (χ4n) is 2.96. The lowest BCUT2D eigenvalue weighted by molar-refractivity contribution is -0.111. The SMILES string of the molecule is C=CC(=O)Nc1ccc([S+](=O)(O)N2CCN(C(=O)c3ccccc3)CC2)cc1. The molecule has 1 fully saturated rings. The molecule has 146 valence electrons. The Morgan fingerprint density at radius 2 is 1.61 bits per heavy atom. The molecule has 0 aliphatic carbocycles. The number of rotatable bonds is 5. The van der Waals surface area contributed by atoms with Crippen LogP contribution in [-0.4, -0.2) is 51.8 Å². The molecule has 28 heavy (non-hydrogen) atoms. The van der Waals surface area contributed by atoms with E-state index in [0.29, 0.717) is 37.4 Å². The van der Waals surface area contributed by atoms with Crippen molar-refractivity contribution in [1.29, 1.82) is 0 Å². The minimum Gasteiger partial charge on any atom is -0.336 e. The Morgan fingerprint density at radius 1 is 1.00 bits per heavy atom. The van der Waals surface area contributed by atoms with Crippen molar-refractivity contribution in [3.05, 3.63) is 72.8 Å². The minimum absolute atomic E-state index is 0.0769. The van der Waals surface area contributed by atoms with Crippen LogP contribution in [0.5, 0.6) is 0 Å². The number of nitrogens with one attached hydrogen (secondary N) is 1. The molecule has 1 aliphatic rings. The van der Waals surface area contributed by atoms with E-state index in [2.05, 4.69) is 11.9 Å². The van der Waals surface area contributed by atoms with E-state index >= 15 is 0 Å². The topological polar surface area (TPSA) is 89.9 Å². The number of piperazine rings is 1. The van der Waals surface area contributed by atoms with Gasteiger partial charge in [-0.05, 0) is 34.6 Å². The predicted molar refractivity (Wildman–Crippen MR) is 108 cm³/mol. The van der Waals surface area contributed by atoms with Gasteiger partial charge in [0.1, 0.15) is 0 Å². The molecule has 1 heterocycles. The van der Waals surface area contributed by atoms with Crippen molar-refractivity contribution in [1.82, 2.24) is 9.21 Å². The first-order chi connectivity index (χ1) is 13.4. The lowest BCUT2D eigenvalue weighted by Crippen LogP contribution is -2.52. The molecule has 0 bridgehead atoms. The maximum Gasteiger partial charge on any atom is 0.325 e. The van der Waals surface area contributed by atoms with E-state index in [1.165, 1.54) is 16.4 Å². The second-order valence-electron chi connectivity index (χ2n) is 6.30. The van der Waals surface area contributed by atoms with Crippen LogP contribution in [-0.2, 0) is 19.4 Å². The van der Waals surface area contributed by atoms with Gasteiger partial charge in [0.15, 0.2) is 0 Å². The lowest BCUT2D eigenvalue weighted by Gasteiger charge is -2.32. The van der Waals surface area contributed by atoms with Crippen molar-refractivity contribution >= 4 is 27.9 Å². The molecular weight excluding hydrogens is 378 g/mol. The van der Waals surface area contributed by atoms with Crippen molar-refractivity contribution in [2.24, 2.45) is 0 Å². The Bertz CT molecular complexity index is 907. The van der Waals surface area contributed by atoms with Gasteiger partial charge in [-0.2, -0.15) is 4.55 Å². The van der Waals surface area contributed by atoms with Crippen LogP contribution < -0.4 is 5.32 Å². The first-order valence-electron chi connectivity index (χ1n) is 8.81. The Morgan fingerprint density at radius 3 is 2.18 bits per heavy atom. The molecule has 2 amide bonds. The summed E-state index contributed by atoms with van der Waals surface area (Å²) < 4.78 is 25.1. The highest BCUT2D eigenvalue weighted by atomic mass is 32.3. The van der Waals surface area contributed by atoms with E-state index in [1.807, 2.05) is 18.2 Å². The van der Waals surface area contributed by atoms with Crippen LogP contribution in [0.4, 0.5) is 5.69 Å². The third kappa shape index (κ3) is 4.36. The highest BCUT2D eigenvalue weighted by Gasteiger charge is 2.41. The first kappa shape index (κ1) is 19.9. The molecule has 1 saturated heterocycles. The molecule has 1 atom stereocenters. The van der Waals surface area contributed by atoms with Crippen LogP contribution >= 0.6 is 0 Å². The van der Waals surface area contributed by atoms with Crippen molar-refractivity contribution in [2.75, 3.05) is 31.5 Å². The molecule has 0 saturated carbocycles. The number of benzene rings is 2. The monoisotopic (exact) mass is 400 g/mol. The maximum atomic E-state index is 13.0. The quantitative estimate of drug-likeness (QED) is 0.596. The summed E-state index contributed by atoms with van der Waals surface area (Å²) in [5, 5.41) is 2.59. The molecule has 0 aromatic heterocycles. The van der Waals surface area contributed by atoms with E-state index in [-0.39, 0.29) is 16.7 Å². The van der Waals surface area contributed by atoms with Gasteiger partial charge in [0, 0.05) is 36.5 Å². The smallest absolute Gasteiger partial charge is 0.325 e. The molecule has 0 radical (unpaired) electrons. The highest BCUT2D eigenvalue weighted by molar-refractivity contribution is 7.95. The zero-order valence-corrected chi connectivity index (χ0v) is 16.1. The van der Waals surface area contributed by atoms with Gasteiger partial charge in [0.25, 0.3) is 5.91 Å². The van der Waals surface area contributed by atoms with Crippen molar-refractivity contribution in [2.45, 2.75) is 4.90 Å². The molecule has 0 spiro atoms. The van der Waals surface area contributed by atoms with Crippen LogP contribution in [0.1, 0.15) is 10.4 Å². The zero-order valence-electron chi connectivity index (χ0n) is 15.3. The molecule has 2 aromatic carbocycles. The van der Waals surface area contributed by atoms with Gasteiger partial charge < -0.3 is 10.2 Å². The van der Waals surface area contributed by atoms with Crippen LogP contribution in [0.15, 0.2) is 72.1 Å². The average Bonchev–Trinajstić information content (AvgIpc) is 2.74. The molecule has 1 unspecified atom stereocenters. The summed E-state index contributed by atoms with van der Waals surface area (Å²) in [6.07, 6.45) is 1.15. The molecular formula is C20H22N3O4S+. The highest BCUT2D eigenvalue weighted by Crippen LogP contribution is 2.24. The van der Waals surface area contributed by atoms with Crippen molar-refractivity contribution in [3.63, 3.8) is 0 Å². The van der Waals surface area contributed by atoms with Crippen LogP contribution in [0.3, 0.4) is 0 Å². The van der Waals surface area contributed by atoms with E-state index in [9.17, 15) is 18.4 Å². The fraction of sp³-hybridized carbons (Fsp3) is 0.200. The van der Waals surface area contributed by atoms with Crippen LogP contribution in [0.25, 0.3) is 0 Å². The average molecular weight is 400 g/mol. The largest absolute Gasteiger partial charge is 0.336 e. The third-order valence-electron chi connectivity index (χ3n) is 4.51. The van der Waals surface area contributed by atoms with Gasteiger partial charge in [0.2, 0.25) is 10.8 Å². The van der Waals surface area contributed by atoms with E-state index in [1.54, 1.807) is 29.2 Å². The molecule has 8 heteroatoms. The summed E-state index contributed by atoms with van der Waals surface area (Å²) in [7, 11) is -3.41. The molecule has 2 aromatic rings. The molecule has 3 rings (SSSR count). The molecule has 1 aliphatic heterocycles. The molecule has 7 nitrogen and oxygen atoms in total. The van der Waals surface area contributed by atoms with Gasteiger partial charge in [-0.3, -0.25) is 9.59 Å². The zero-order chi connectivity index (χ0) is 20.1. The summed E-state index contributed by atoms with van der Waals surface area (Å²) in [5.41, 5.74) is 1.12. The number of carbonyl (C=O) groups is 2. The Hall–Kier alpha value is -2.81. The second-order valence-corrected chi connectivity index (χ2v) is 8.28. The number of hydrogen-bond acceptors (Lipinski definition) is 3. The van der Waals surface area contributed by atoms with Gasteiger partial charge in [-0.25, -0.2) is 0 Å². The van der Waals surface area contributed by atoms with E-state index < -0.39 is 10.4 Å². The number of carbonyl (C=O) groups excluding carboxylic acids is 2. The van der Waals surface area contributed by atoms with E-state index in [0.717, 1.165) is 6.08 Å². The summed E-state index contributed by atoms with van der Waals surface area (Å²) in [6.45, 7) is 4.72. The lowest BCUT2D eigenvalue weighted by atomic mass is 10.2. The standard InChI is InChI=1S/C20H21N3O4S/c1-2-19(24)21-17-8-10-18(11-9-17)28(26,27)23-14-12-22(13-15-23)20(25)16-6-4-3-5-7-16/h2-11H,1,12-15H2,(H-,21,24,26,27)/p+1. The number of hydrogen-bond donors (Lipinski definition) is 2. The predicted octanol–water partition coefficient (Wildman–Crippen LogP) is 2.52. The number of amides is 2. The van der Waals surface area contributed by atoms with Gasteiger partial charge >= 0.3 is 10.4 Å². The Labute approximate surface area is 165 Å².